The molecule has 84 valence electrons. The van der Waals surface area contributed by atoms with E-state index in [9.17, 15) is 4.79 Å². The quantitative estimate of drug-likeness (QED) is 0.783. The molecule has 0 aliphatic carbocycles. The molecule has 6 heteroatoms. The Hall–Kier alpha value is -2.11. The van der Waals surface area contributed by atoms with E-state index in [1.165, 1.54) is 0 Å². The first-order valence-electron chi connectivity index (χ1n) is 4.78. The molecular weight excluding hydrogens is 212 g/mol. The summed E-state index contributed by atoms with van der Waals surface area (Å²) in [5, 5.41) is 12.9. The van der Waals surface area contributed by atoms with Crippen molar-refractivity contribution in [3.05, 3.63) is 17.5 Å². The Kier molecular flexibility index (Phi) is 2.47. The summed E-state index contributed by atoms with van der Waals surface area (Å²) in [4.78, 5) is 14.7. The third kappa shape index (κ3) is 1.69. The molecule has 0 aliphatic heterocycles. The molecule has 0 amide bonds. The normalized spacial score (nSPS) is 10.6. The minimum absolute atomic E-state index is 0.216. The van der Waals surface area contributed by atoms with Crippen LogP contribution >= 0.6 is 0 Å². The van der Waals surface area contributed by atoms with Crippen molar-refractivity contribution in [2.24, 2.45) is 0 Å². The lowest BCUT2D eigenvalue weighted by Crippen LogP contribution is -2.04. The number of nitrogens with zero attached hydrogens (tertiary/aromatic N) is 2. The van der Waals surface area contributed by atoms with Crippen LogP contribution in [0.2, 0.25) is 0 Å². The van der Waals surface area contributed by atoms with Gasteiger partial charge < -0.3 is 14.4 Å². The number of aromatic nitrogens is 2. The van der Waals surface area contributed by atoms with Gasteiger partial charge >= 0.3 is 6.16 Å². The van der Waals surface area contributed by atoms with E-state index in [4.69, 9.17) is 9.63 Å². The molecule has 2 rings (SSSR count). The highest BCUT2D eigenvalue weighted by Gasteiger charge is 2.15. The zero-order valence-electron chi connectivity index (χ0n) is 8.85. The zero-order valence-corrected chi connectivity index (χ0v) is 8.85. The van der Waals surface area contributed by atoms with Gasteiger partial charge in [0.1, 0.15) is 5.39 Å². The van der Waals surface area contributed by atoms with E-state index in [2.05, 4.69) is 14.9 Å². The highest BCUT2D eigenvalue weighted by molar-refractivity contribution is 5.85. The molecule has 0 aromatic carbocycles. The molecule has 2 aromatic heterocycles. The van der Waals surface area contributed by atoms with Crippen LogP contribution < -0.4 is 4.74 Å². The Morgan fingerprint density at radius 3 is 3.00 bits per heavy atom. The zero-order chi connectivity index (χ0) is 11.7. The van der Waals surface area contributed by atoms with Crippen LogP contribution in [0, 0.1) is 6.92 Å². The van der Waals surface area contributed by atoms with Crippen LogP contribution in [0.15, 0.2) is 10.6 Å². The van der Waals surface area contributed by atoms with Gasteiger partial charge in [0.2, 0.25) is 0 Å². The molecule has 0 saturated heterocycles. The predicted octanol–water partition coefficient (Wildman–Crippen LogP) is 2.15. The molecule has 2 heterocycles. The molecule has 0 aliphatic rings. The van der Waals surface area contributed by atoms with Crippen LogP contribution in [-0.2, 0) is 6.42 Å². The number of hydrogen-bond donors (Lipinski definition) is 1. The SMILES string of the molecule is CCc1cc(OC(=O)O)c2c(C)noc2n1. The molecule has 16 heavy (non-hydrogen) atoms. The second kappa shape index (κ2) is 3.80. The highest BCUT2D eigenvalue weighted by Crippen LogP contribution is 2.28. The van der Waals surface area contributed by atoms with E-state index >= 15 is 0 Å². The molecule has 0 radical (unpaired) electrons. The van der Waals surface area contributed by atoms with Crippen molar-refractivity contribution in [3.8, 4) is 5.75 Å². The summed E-state index contributed by atoms with van der Waals surface area (Å²) in [6.07, 6.45) is -0.707. The first-order chi connectivity index (χ1) is 7.61. The van der Waals surface area contributed by atoms with E-state index in [0.717, 1.165) is 0 Å². The number of hydrogen-bond acceptors (Lipinski definition) is 5. The number of carboxylic acid groups (broad SMARTS) is 1. The number of carbonyl (C=O) groups is 1. The third-order valence-corrected chi connectivity index (χ3v) is 2.19. The Balaban J connectivity index is 2.66. The van der Waals surface area contributed by atoms with E-state index in [1.54, 1.807) is 13.0 Å². The molecule has 6 nitrogen and oxygen atoms in total. The molecule has 0 unspecified atom stereocenters. The fourth-order valence-corrected chi connectivity index (χ4v) is 1.46. The van der Waals surface area contributed by atoms with Crippen molar-refractivity contribution in [2.45, 2.75) is 20.3 Å². The van der Waals surface area contributed by atoms with Gasteiger partial charge in [-0.2, -0.15) is 0 Å². The van der Waals surface area contributed by atoms with E-state index in [0.29, 0.717) is 28.9 Å². The fourth-order valence-electron chi connectivity index (χ4n) is 1.46. The molecule has 0 bridgehead atoms. The van der Waals surface area contributed by atoms with Crippen molar-refractivity contribution < 1.29 is 19.2 Å². The number of rotatable bonds is 2. The Morgan fingerprint density at radius 2 is 2.38 bits per heavy atom. The summed E-state index contributed by atoms with van der Waals surface area (Å²) in [6.45, 7) is 3.61. The maximum absolute atomic E-state index is 10.6. The van der Waals surface area contributed by atoms with Gasteiger partial charge in [0.15, 0.2) is 5.75 Å². The average Bonchev–Trinajstić information content (AvgIpc) is 2.59. The standard InChI is InChI=1S/C10H10N2O4/c1-3-6-4-7(15-10(13)14)8-5(2)12-16-9(8)11-6/h4H,3H2,1-2H3,(H,13,14). The molecule has 2 aromatic rings. The fraction of sp³-hybridized carbons (Fsp3) is 0.300. The van der Waals surface area contributed by atoms with Crippen molar-refractivity contribution in [1.29, 1.82) is 0 Å². The van der Waals surface area contributed by atoms with Gasteiger partial charge in [0.05, 0.1) is 5.69 Å². The lowest BCUT2D eigenvalue weighted by atomic mass is 10.2. The summed E-state index contributed by atoms with van der Waals surface area (Å²) in [7, 11) is 0. The lowest BCUT2D eigenvalue weighted by Gasteiger charge is -2.03. The Labute approximate surface area is 90.8 Å². The van der Waals surface area contributed by atoms with Crippen molar-refractivity contribution in [1.82, 2.24) is 10.1 Å². The molecule has 1 N–H and O–H groups in total. The van der Waals surface area contributed by atoms with Gasteiger partial charge in [0, 0.05) is 11.8 Å². The monoisotopic (exact) mass is 222 g/mol. The number of aryl methyl sites for hydroxylation is 2. The largest absolute Gasteiger partial charge is 0.511 e. The van der Waals surface area contributed by atoms with E-state index in [-0.39, 0.29) is 5.75 Å². The average molecular weight is 222 g/mol. The van der Waals surface area contributed by atoms with Crippen LogP contribution in [0.4, 0.5) is 4.79 Å². The predicted molar refractivity (Wildman–Crippen MR) is 54.6 cm³/mol. The van der Waals surface area contributed by atoms with Crippen molar-refractivity contribution >= 4 is 17.3 Å². The number of ether oxygens (including phenoxy) is 1. The van der Waals surface area contributed by atoms with Gasteiger partial charge in [-0.25, -0.2) is 9.78 Å². The smallest absolute Gasteiger partial charge is 0.449 e. The number of fused-ring (bicyclic) bond motifs is 1. The van der Waals surface area contributed by atoms with Crippen LogP contribution in [0.1, 0.15) is 18.3 Å². The summed E-state index contributed by atoms with van der Waals surface area (Å²) < 4.78 is 9.67. The Bertz CT molecular complexity index is 547. The summed E-state index contributed by atoms with van der Waals surface area (Å²) in [6, 6.07) is 1.58. The highest BCUT2D eigenvalue weighted by atomic mass is 16.7. The Morgan fingerprint density at radius 1 is 1.62 bits per heavy atom. The van der Waals surface area contributed by atoms with Crippen molar-refractivity contribution in [2.75, 3.05) is 0 Å². The maximum atomic E-state index is 10.6. The van der Waals surface area contributed by atoms with Crippen molar-refractivity contribution in [3.63, 3.8) is 0 Å². The van der Waals surface area contributed by atoms with Gasteiger partial charge in [-0.3, -0.25) is 0 Å². The summed E-state index contributed by atoms with van der Waals surface area (Å²) in [5.74, 6) is 0.216. The molecule has 0 spiro atoms. The second-order valence-electron chi connectivity index (χ2n) is 3.28. The summed E-state index contributed by atoms with van der Waals surface area (Å²) in [5.41, 5.74) is 1.55. The number of pyridine rings is 1. The molecule has 0 fully saturated rings. The van der Waals surface area contributed by atoms with Crippen LogP contribution in [-0.4, -0.2) is 21.4 Å². The summed E-state index contributed by atoms with van der Waals surface area (Å²) >= 11 is 0. The molecular formula is C10H10N2O4. The van der Waals surface area contributed by atoms with Gasteiger partial charge in [-0.15, -0.1) is 0 Å². The minimum Gasteiger partial charge on any atom is -0.449 e. The minimum atomic E-state index is -1.37. The third-order valence-electron chi connectivity index (χ3n) is 2.19. The van der Waals surface area contributed by atoms with E-state index in [1.807, 2.05) is 6.92 Å². The first kappa shape index (κ1) is 10.4. The maximum Gasteiger partial charge on any atom is 0.511 e. The van der Waals surface area contributed by atoms with Gasteiger partial charge in [0.25, 0.3) is 5.71 Å². The first-order valence-corrected chi connectivity index (χ1v) is 4.78. The van der Waals surface area contributed by atoms with Gasteiger partial charge in [-0.05, 0) is 13.3 Å². The molecule has 0 saturated carbocycles. The van der Waals surface area contributed by atoms with Gasteiger partial charge in [-0.1, -0.05) is 12.1 Å². The topological polar surface area (TPSA) is 85.5 Å². The van der Waals surface area contributed by atoms with E-state index < -0.39 is 6.16 Å². The van der Waals surface area contributed by atoms with Crippen LogP contribution in [0.5, 0.6) is 5.75 Å². The molecule has 0 atom stereocenters. The van der Waals surface area contributed by atoms with Crippen LogP contribution in [0.3, 0.4) is 0 Å². The lowest BCUT2D eigenvalue weighted by molar-refractivity contribution is 0.145. The van der Waals surface area contributed by atoms with Crippen LogP contribution in [0.25, 0.3) is 11.1 Å². The second-order valence-corrected chi connectivity index (χ2v) is 3.28.